The Morgan fingerprint density at radius 3 is 2.60 bits per heavy atom. The van der Waals surface area contributed by atoms with Crippen LogP contribution >= 0.6 is 15.9 Å². The third kappa shape index (κ3) is 4.25. The van der Waals surface area contributed by atoms with Crippen LogP contribution in [0.5, 0.6) is 5.88 Å². The van der Waals surface area contributed by atoms with Gasteiger partial charge in [0.2, 0.25) is 5.88 Å². The van der Waals surface area contributed by atoms with E-state index in [-0.39, 0.29) is 6.04 Å². The molecule has 0 amide bonds. The molecule has 2 bridgehead atoms. The number of aliphatic hydroxyl groups excluding tert-OH is 1. The number of fused-ring (bicyclic) bond motifs is 4. The van der Waals surface area contributed by atoms with Gasteiger partial charge in [-0.1, -0.05) is 40.2 Å². The highest BCUT2D eigenvalue weighted by atomic mass is 79.9. The minimum Gasteiger partial charge on any atom is -0.481 e. The molecule has 3 unspecified atom stereocenters. The highest BCUT2D eigenvalue weighted by Crippen LogP contribution is 2.36. The summed E-state index contributed by atoms with van der Waals surface area (Å²) < 4.78 is 8.53. The third-order valence-electron chi connectivity index (χ3n) is 7.32. The number of ether oxygens (including phenoxy) is 1. The molecule has 7 rings (SSSR count). The molecule has 3 saturated heterocycles. The molecule has 6 heterocycles. The molecular formula is C27H28BrN5O2. The van der Waals surface area contributed by atoms with Gasteiger partial charge in [0.1, 0.15) is 5.65 Å². The van der Waals surface area contributed by atoms with Gasteiger partial charge in [0.15, 0.2) is 6.23 Å². The fourth-order valence-corrected chi connectivity index (χ4v) is 5.79. The van der Waals surface area contributed by atoms with E-state index < -0.39 is 6.23 Å². The molecule has 35 heavy (non-hydrogen) atoms. The number of piperazine rings is 1. The maximum Gasteiger partial charge on any atom is 0.213 e. The van der Waals surface area contributed by atoms with Crippen molar-refractivity contribution >= 4 is 21.6 Å². The molecule has 0 spiro atoms. The average Bonchev–Trinajstić information content (AvgIpc) is 3.27. The fraction of sp³-hybridized carbons (Fsp3) is 0.333. The predicted octanol–water partition coefficient (Wildman–Crippen LogP) is 4.51. The SMILES string of the molecule is COc1cccc(C(O)N2CC3CCC2CN3Cc2c(-c3ccc(Br)cc3)nc3ccccn23)n1. The summed E-state index contributed by atoms with van der Waals surface area (Å²) >= 11 is 3.54. The first-order chi connectivity index (χ1) is 17.1. The summed E-state index contributed by atoms with van der Waals surface area (Å²) in [6.45, 7) is 2.54. The molecule has 4 aromatic rings. The van der Waals surface area contributed by atoms with Gasteiger partial charge in [-0.15, -0.1) is 0 Å². The molecule has 1 aromatic carbocycles. The smallest absolute Gasteiger partial charge is 0.213 e. The standard InChI is InChI=1S/C27H28BrN5O2/c1-35-25-7-4-5-22(29-25)27(34)33-16-20-12-13-21(33)15-31(20)17-23-26(18-8-10-19(28)11-9-18)30-24-6-2-3-14-32(23)24/h2-11,14,20-21,27,34H,12-13,15-17H2,1H3. The van der Waals surface area contributed by atoms with E-state index in [2.05, 4.69) is 77.7 Å². The average molecular weight is 534 g/mol. The molecule has 7 nitrogen and oxygen atoms in total. The Kier molecular flexibility index (Phi) is 6.06. The molecule has 3 aliphatic rings. The lowest BCUT2D eigenvalue weighted by Crippen LogP contribution is -2.62. The van der Waals surface area contributed by atoms with Crippen LogP contribution in [-0.2, 0) is 6.54 Å². The van der Waals surface area contributed by atoms with Crippen LogP contribution in [0.2, 0.25) is 0 Å². The van der Waals surface area contributed by atoms with Gasteiger partial charge in [0.25, 0.3) is 0 Å². The summed E-state index contributed by atoms with van der Waals surface area (Å²) in [5, 5.41) is 11.2. The van der Waals surface area contributed by atoms with Crippen LogP contribution in [0, 0.1) is 0 Å². The van der Waals surface area contributed by atoms with Crippen LogP contribution < -0.4 is 4.74 Å². The summed E-state index contributed by atoms with van der Waals surface area (Å²) in [6, 6.07) is 20.7. The molecule has 3 atom stereocenters. The van der Waals surface area contributed by atoms with Crippen molar-refractivity contribution in [2.24, 2.45) is 0 Å². The van der Waals surface area contributed by atoms with Crippen molar-refractivity contribution in [2.75, 3.05) is 20.2 Å². The summed E-state index contributed by atoms with van der Waals surface area (Å²) in [4.78, 5) is 14.2. The van der Waals surface area contributed by atoms with Gasteiger partial charge >= 0.3 is 0 Å². The number of hydrogen-bond donors (Lipinski definition) is 1. The number of nitrogens with zero attached hydrogens (tertiary/aromatic N) is 5. The van der Waals surface area contributed by atoms with Gasteiger partial charge in [-0.2, -0.15) is 0 Å². The predicted molar refractivity (Wildman–Crippen MR) is 138 cm³/mol. The second kappa shape index (κ2) is 9.35. The van der Waals surface area contributed by atoms with Gasteiger partial charge < -0.3 is 14.2 Å². The van der Waals surface area contributed by atoms with E-state index in [1.54, 1.807) is 13.2 Å². The lowest BCUT2D eigenvalue weighted by molar-refractivity contribution is -0.113. The second-order valence-corrected chi connectivity index (χ2v) is 10.2. The zero-order chi connectivity index (χ0) is 23.9. The molecule has 3 fully saturated rings. The molecule has 3 aliphatic heterocycles. The molecule has 0 radical (unpaired) electrons. The van der Waals surface area contributed by atoms with Crippen molar-refractivity contribution in [3.05, 3.63) is 82.7 Å². The van der Waals surface area contributed by atoms with Crippen LogP contribution in [0.1, 0.15) is 30.5 Å². The third-order valence-corrected chi connectivity index (χ3v) is 7.85. The highest BCUT2D eigenvalue weighted by Gasteiger charge is 2.42. The number of benzene rings is 1. The number of aromatic nitrogens is 3. The maximum atomic E-state index is 11.2. The van der Waals surface area contributed by atoms with Crippen molar-refractivity contribution in [3.63, 3.8) is 0 Å². The first kappa shape index (κ1) is 22.7. The topological polar surface area (TPSA) is 66.1 Å². The van der Waals surface area contributed by atoms with E-state index in [0.717, 1.165) is 53.9 Å². The lowest BCUT2D eigenvalue weighted by atomic mass is 9.90. The van der Waals surface area contributed by atoms with E-state index >= 15 is 0 Å². The van der Waals surface area contributed by atoms with E-state index in [4.69, 9.17) is 9.72 Å². The summed E-state index contributed by atoms with van der Waals surface area (Å²) in [7, 11) is 1.60. The zero-order valence-electron chi connectivity index (χ0n) is 19.6. The number of pyridine rings is 2. The molecule has 0 aliphatic carbocycles. The number of aliphatic hydroxyl groups is 1. The van der Waals surface area contributed by atoms with E-state index in [1.807, 2.05) is 18.2 Å². The second-order valence-electron chi connectivity index (χ2n) is 9.33. The number of halogens is 1. The maximum absolute atomic E-state index is 11.2. The monoisotopic (exact) mass is 533 g/mol. The Bertz CT molecular complexity index is 1340. The molecular weight excluding hydrogens is 506 g/mol. The number of piperidine rings is 2. The Labute approximate surface area is 213 Å². The zero-order valence-corrected chi connectivity index (χ0v) is 21.2. The Hall–Kier alpha value is -2.78. The van der Waals surface area contributed by atoms with E-state index in [0.29, 0.717) is 17.6 Å². The Morgan fingerprint density at radius 2 is 1.83 bits per heavy atom. The molecule has 180 valence electrons. The molecule has 0 saturated carbocycles. The summed E-state index contributed by atoms with van der Waals surface area (Å²) in [5.74, 6) is 0.526. The van der Waals surface area contributed by atoms with Gasteiger partial charge in [-0.3, -0.25) is 9.80 Å². The number of imidazole rings is 1. The van der Waals surface area contributed by atoms with Crippen molar-refractivity contribution in [2.45, 2.75) is 37.7 Å². The quantitative estimate of drug-likeness (QED) is 0.393. The van der Waals surface area contributed by atoms with Crippen LogP contribution in [0.15, 0.2) is 71.3 Å². The lowest BCUT2D eigenvalue weighted by Gasteiger charge is -2.52. The minimum absolute atomic E-state index is 0.276. The van der Waals surface area contributed by atoms with Gasteiger partial charge in [-0.25, -0.2) is 9.97 Å². The van der Waals surface area contributed by atoms with Crippen molar-refractivity contribution in [1.82, 2.24) is 24.2 Å². The van der Waals surface area contributed by atoms with Crippen molar-refractivity contribution in [1.29, 1.82) is 0 Å². The van der Waals surface area contributed by atoms with E-state index in [9.17, 15) is 5.11 Å². The highest BCUT2D eigenvalue weighted by molar-refractivity contribution is 9.10. The largest absolute Gasteiger partial charge is 0.481 e. The van der Waals surface area contributed by atoms with Crippen LogP contribution in [0.4, 0.5) is 0 Å². The van der Waals surface area contributed by atoms with E-state index in [1.165, 1.54) is 5.69 Å². The van der Waals surface area contributed by atoms with Gasteiger partial charge in [0, 0.05) is 54.0 Å². The summed E-state index contributed by atoms with van der Waals surface area (Å²) in [6.07, 6.45) is 3.58. The van der Waals surface area contributed by atoms with Gasteiger partial charge in [-0.05, 0) is 43.2 Å². The number of hydrogen-bond acceptors (Lipinski definition) is 6. The fourth-order valence-electron chi connectivity index (χ4n) is 5.53. The normalized spacial score (nSPS) is 21.5. The van der Waals surface area contributed by atoms with Crippen LogP contribution in [0.25, 0.3) is 16.9 Å². The molecule has 3 aromatic heterocycles. The first-order valence-corrected chi connectivity index (χ1v) is 12.8. The Balaban J connectivity index is 1.27. The van der Waals surface area contributed by atoms with Crippen molar-refractivity contribution < 1.29 is 9.84 Å². The van der Waals surface area contributed by atoms with Crippen molar-refractivity contribution in [3.8, 4) is 17.1 Å². The first-order valence-electron chi connectivity index (χ1n) is 12.0. The molecule has 8 heteroatoms. The minimum atomic E-state index is -0.728. The number of methoxy groups -OCH3 is 1. The molecule has 1 N–H and O–H groups in total. The van der Waals surface area contributed by atoms with Crippen LogP contribution in [-0.4, -0.2) is 61.6 Å². The van der Waals surface area contributed by atoms with Crippen LogP contribution in [0.3, 0.4) is 0 Å². The van der Waals surface area contributed by atoms with Gasteiger partial charge in [0.05, 0.1) is 24.2 Å². The Morgan fingerprint density at radius 1 is 1.00 bits per heavy atom. The number of rotatable bonds is 6. The summed E-state index contributed by atoms with van der Waals surface area (Å²) in [5.41, 5.74) is 4.96.